The lowest BCUT2D eigenvalue weighted by atomic mass is 9.69. The predicted octanol–water partition coefficient (Wildman–Crippen LogP) is 3.52. The van der Waals surface area contributed by atoms with Crippen LogP contribution in [-0.2, 0) is 5.41 Å². The van der Waals surface area contributed by atoms with Gasteiger partial charge in [-0.2, -0.15) is 0 Å². The van der Waals surface area contributed by atoms with Gasteiger partial charge in [0, 0.05) is 22.5 Å². The molecule has 1 aromatic carbocycles. The monoisotopic (exact) mass is 283 g/mol. The maximum atomic E-state index is 6.45. The number of halogens is 1. The second kappa shape index (κ2) is 6.02. The molecule has 1 aromatic rings. The van der Waals surface area contributed by atoms with E-state index in [2.05, 4.69) is 0 Å². The molecule has 0 bridgehead atoms. The second-order valence-corrected chi connectivity index (χ2v) is 5.61. The summed E-state index contributed by atoms with van der Waals surface area (Å²) in [5.74, 6) is 1.46. The molecular formula is C15H22ClNO2. The van der Waals surface area contributed by atoms with E-state index in [9.17, 15) is 0 Å². The van der Waals surface area contributed by atoms with E-state index in [1.165, 1.54) is 19.3 Å². The van der Waals surface area contributed by atoms with Gasteiger partial charge in [0.1, 0.15) is 0 Å². The lowest BCUT2D eigenvalue weighted by Gasteiger charge is -2.38. The Labute approximate surface area is 120 Å². The van der Waals surface area contributed by atoms with Gasteiger partial charge in [-0.05, 0) is 25.0 Å². The van der Waals surface area contributed by atoms with Crippen molar-refractivity contribution in [3.05, 3.63) is 22.7 Å². The summed E-state index contributed by atoms with van der Waals surface area (Å²) in [6.45, 7) is 0.593. The van der Waals surface area contributed by atoms with Crippen molar-refractivity contribution in [2.45, 2.75) is 37.5 Å². The molecular weight excluding hydrogens is 262 g/mol. The van der Waals surface area contributed by atoms with Crippen molar-refractivity contribution in [2.75, 3.05) is 20.8 Å². The van der Waals surface area contributed by atoms with E-state index in [0.29, 0.717) is 6.54 Å². The van der Waals surface area contributed by atoms with Crippen LogP contribution in [0.3, 0.4) is 0 Å². The molecule has 1 aliphatic carbocycles. The fourth-order valence-electron chi connectivity index (χ4n) is 3.18. The van der Waals surface area contributed by atoms with Gasteiger partial charge >= 0.3 is 0 Å². The number of rotatable bonds is 4. The molecule has 2 N–H and O–H groups in total. The second-order valence-electron chi connectivity index (χ2n) is 5.20. The average molecular weight is 284 g/mol. The van der Waals surface area contributed by atoms with E-state index in [1.54, 1.807) is 14.2 Å². The molecule has 0 saturated heterocycles. The molecule has 0 spiro atoms. The Kier molecular flexibility index (Phi) is 4.58. The first-order valence-electron chi connectivity index (χ1n) is 6.79. The van der Waals surface area contributed by atoms with Crippen LogP contribution in [0.25, 0.3) is 0 Å². The van der Waals surface area contributed by atoms with Crippen LogP contribution >= 0.6 is 11.6 Å². The standard InChI is InChI=1S/C15H22ClNO2/c1-18-12-7-6-11(16)13(14(12)19-2)15(10-17)8-4-3-5-9-15/h6-7H,3-5,8-10,17H2,1-2H3. The Morgan fingerprint density at radius 1 is 1.16 bits per heavy atom. The predicted molar refractivity (Wildman–Crippen MR) is 78.4 cm³/mol. The van der Waals surface area contributed by atoms with E-state index >= 15 is 0 Å². The highest BCUT2D eigenvalue weighted by Crippen LogP contribution is 2.48. The Morgan fingerprint density at radius 3 is 2.37 bits per heavy atom. The van der Waals surface area contributed by atoms with Gasteiger partial charge in [-0.15, -0.1) is 0 Å². The molecule has 0 amide bonds. The third-order valence-electron chi connectivity index (χ3n) is 4.23. The summed E-state index contributed by atoms with van der Waals surface area (Å²) in [7, 11) is 3.30. The zero-order valence-electron chi connectivity index (χ0n) is 11.7. The zero-order chi connectivity index (χ0) is 13.9. The molecule has 4 heteroatoms. The van der Waals surface area contributed by atoms with Crippen molar-refractivity contribution in [3.8, 4) is 11.5 Å². The summed E-state index contributed by atoms with van der Waals surface area (Å²) < 4.78 is 11.0. The van der Waals surface area contributed by atoms with Crippen molar-refractivity contribution in [2.24, 2.45) is 5.73 Å². The quantitative estimate of drug-likeness (QED) is 0.919. The van der Waals surface area contributed by atoms with Gasteiger partial charge < -0.3 is 15.2 Å². The molecule has 1 aliphatic rings. The first-order valence-corrected chi connectivity index (χ1v) is 7.17. The molecule has 0 atom stereocenters. The summed E-state index contributed by atoms with van der Waals surface area (Å²) in [4.78, 5) is 0. The molecule has 0 radical (unpaired) electrons. The molecule has 1 saturated carbocycles. The first-order chi connectivity index (χ1) is 9.18. The van der Waals surface area contributed by atoms with Crippen LogP contribution in [0.15, 0.2) is 12.1 Å². The van der Waals surface area contributed by atoms with Gasteiger partial charge in [-0.25, -0.2) is 0 Å². The molecule has 0 aliphatic heterocycles. The van der Waals surface area contributed by atoms with Crippen molar-refractivity contribution in [3.63, 3.8) is 0 Å². The number of ether oxygens (including phenoxy) is 2. The summed E-state index contributed by atoms with van der Waals surface area (Å²) in [6, 6.07) is 3.72. The van der Waals surface area contributed by atoms with Gasteiger partial charge in [0.15, 0.2) is 11.5 Å². The Morgan fingerprint density at radius 2 is 1.84 bits per heavy atom. The summed E-state index contributed by atoms with van der Waals surface area (Å²) in [5.41, 5.74) is 7.05. The van der Waals surface area contributed by atoms with E-state index < -0.39 is 0 Å². The minimum atomic E-state index is -0.0742. The fraction of sp³-hybridized carbons (Fsp3) is 0.600. The van der Waals surface area contributed by atoms with E-state index in [4.69, 9.17) is 26.8 Å². The molecule has 2 rings (SSSR count). The first kappa shape index (κ1) is 14.5. The summed E-state index contributed by atoms with van der Waals surface area (Å²) >= 11 is 6.45. The van der Waals surface area contributed by atoms with Crippen LogP contribution in [0.5, 0.6) is 11.5 Å². The van der Waals surface area contributed by atoms with Gasteiger partial charge in [-0.3, -0.25) is 0 Å². The third kappa shape index (κ3) is 2.54. The van der Waals surface area contributed by atoms with Crippen molar-refractivity contribution in [1.82, 2.24) is 0 Å². The summed E-state index contributed by atoms with van der Waals surface area (Å²) in [6.07, 6.45) is 5.77. The molecule has 0 aromatic heterocycles. The highest BCUT2D eigenvalue weighted by atomic mass is 35.5. The number of benzene rings is 1. The number of hydrogen-bond donors (Lipinski definition) is 1. The summed E-state index contributed by atoms with van der Waals surface area (Å²) in [5, 5.41) is 0.727. The Balaban J connectivity index is 2.58. The zero-order valence-corrected chi connectivity index (χ0v) is 12.4. The molecule has 0 heterocycles. The number of nitrogens with two attached hydrogens (primary N) is 1. The van der Waals surface area contributed by atoms with E-state index in [-0.39, 0.29) is 5.41 Å². The Bertz CT molecular complexity index is 442. The van der Waals surface area contributed by atoms with Crippen molar-refractivity contribution < 1.29 is 9.47 Å². The maximum Gasteiger partial charge on any atom is 0.165 e. The van der Waals surface area contributed by atoms with Gasteiger partial charge in [0.05, 0.1) is 14.2 Å². The van der Waals surface area contributed by atoms with Gasteiger partial charge in [0.25, 0.3) is 0 Å². The lowest BCUT2D eigenvalue weighted by molar-refractivity contribution is 0.281. The normalized spacial score (nSPS) is 18.1. The van der Waals surface area contributed by atoms with Crippen LogP contribution < -0.4 is 15.2 Å². The van der Waals surface area contributed by atoms with Gasteiger partial charge in [-0.1, -0.05) is 30.9 Å². The average Bonchev–Trinajstić information content (AvgIpc) is 2.47. The van der Waals surface area contributed by atoms with Gasteiger partial charge in [0.2, 0.25) is 0 Å². The minimum Gasteiger partial charge on any atom is -0.493 e. The van der Waals surface area contributed by atoms with Crippen molar-refractivity contribution >= 4 is 11.6 Å². The van der Waals surface area contributed by atoms with Crippen LogP contribution in [0.1, 0.15) is 37.7 Å². The van der Waals surface area contributed by atoms with Crippen LogP contribution in [0.2, 0.25) is 5.02 Å². The smallest absolute Gasteiger partial charge is 0.165 e. The fourth-order valence-corrected chi connectivity index (χ4v) is 3.53. The highest BCUT2D eigenvalue weighted by molar-refractivity contribution is 6.31. The maximum absolute atomic E-state index is 6.45. The van der Waals surface area contributed by atoms with Crippen molar-refractivity contribution in [1.29, 1.82) is 0 Å². The number of hydrogen-bond acceptors (Lipinski definition) is 3. The van der Waals surface area contributed by atoms with E-state index in [0.717, 1.165) is 34.9 Å². The molecule has 0 unspecified atom stereocenters. The molecule has 106 valence electrons. The number of methoxy groups -OCH3 is 2. The highest BCUT2D eigenvalue weighted by Gasteiger charge is 2.37. The lowest BCUT2D eigenvalue weighted by Crippen LogP contribution is -2.37. The topological polar surface area (TPSA) is 44.5 Å². The molecule has 19 heavy (non-hydrogen) atoms. The third-order valence-corrected chi connectivity index (χ3v) is 4.54. The largest absolute Gasteiger partial charge is 0.493 e. The molecule has 3 nitrogen and oxygen atoms in total. The SMILES string of the molecule is COc1ccc(Cl)c(C2(CN)CCCCC2)c1OC. The minimum absolute atomic E-state index is 0.0742. The van der Waals surface area contributed by atoms with Crippen LogP contribution in [-0.4, -0.2) is 20.8 Å². The van der Waals surface area contributed by atoms with Crippen LogP contribution in [0.4, 0.5) is 0 Å². The van der Waals surface area contributed by atoms with E-state index in [1.807, 2.05) is 12.1 Å². The molecule has 1 fully saturated rings. The Hall–Kier alpha value is -0.930. The van der Waals surface area contributed by atoms with Crippen LogP contribution in [0, 0.1) is 0 Å².